The lowest BCUT2D eigenvalue weighted by Crippen LogP contribution is -2.43. The number of anilines is 4. The maximum Gasteiger partial charge on any atom is 0.0560 e. The van der Waals surface area contributed by atoms with E-state index in [1.165, 1.54) is 61.1 Å². The van der Waals surface area contributed by atoms with Crippen LogP contribution in [-0.2, 0) is 17.3 Å². The quantitative estimate of drug-likeness (QED) is 0.111. The van der Waals surface area contributed by atoms with E-state index in [1.54, 1.807) is 0 Å². The summed E-state index contributed by atoms with van der Waals surface area (Å²) in [6, 6.07) is 36.6. The van der Waals surface area contributed by atoms with Crippen molar-refractivity contribution in [2.24, 2.45) is 0 Å². The number of nitrogens with zero attached hydrogens (tertiary/aromatic N) is 2. The summed E-state index contributed by atoms with van der Waals surface area (Å²) >= 11 is 0. The molecule has 3 heterocycles. The molecule has 2 aliphatic carbocycles. The number of rotatable bonds is 9. The first-order valence-corrected chi connectivity index (χ1v) is 20.2. The molecule has 2 heteroatoms. The Morgan fingerprint density at radius 1 is 0.836 bits per heavy atom. The Kier molecular flexibility index (Phi) is 9.42. The van der Waals surface area contributed by atoms with Crippen LogP contribution in [0.1, 0.15) is 93.7 Å². The molecule has 276 valence electrons. The van der Waals surface area contributed by atoms with Crippen molar-refractivity contribution in [3.05, 3.63) is 203 Å². The summed E-state index contributed by atoms with van der Waals surface area (Å²) in [6.07, 6.45) is 20.9. The zero-order valence-electron chi connectivity index (χ0n) is 33.4. The van der Waals surface area contributed by atoms with Crippen LogP contribution >= 0.6 is 0 Å². The van der Waals surface area contributed by atoms with E-state index in [2.05, 4.69) is 184 Å². The molecule has 3 aliphatic heterocycles. The Morgan fingerprint density at radius 2 is 1.58 bits per heavy atom. The Balaban J connectivity index is 0.00000210. The number of hydrogen-bond acceptors (Lipinski definition) is 2. The molecule has 0 radical (unpaired) electrons. The lowest BCUT2D eigenvalue weighted by molar-refractivity contribution is 0.572. The van der Waals surface area contributed by atoms with E-state index in [-0.39, 0.29) is 16.9 Å². The topological polar surface area (TPSA) is 6.48 Å². The highest BCUT2D eigenvalue weighted by atomic mass is 15.2. The fourth-order valence-corrected chi connectivity index (χ4v) is 9.53. The Bertz CT molecular complexity index is 2440. The van der Waals surface area contributed by atoms with Crippen LogP contribution in [-0.4, -0.2) is 6.04 Å². The monoisotopic (exact) mass is 718 g/mol. The summed E-state index contributed by atoms with van der Waals surface area (Å²) in [5.41, 5.74) is 15.7. The highest BCUT2D eigenvalue weighted by Crippen LogP contribution is 2.57. The summed E-state index contributed by atoms with van der Waals surface area (Å²) in [5.74, 6) is 0.531. The standard InChI is InChI=1S/C51H48N2.C2H6/c1-7-15-37(21-11-19-35-20-12-23-42-41(16-8-2)48(35)42)52(46-26-13-18-34-17-9-10-22-40(34)46)39-31-32-47-45(33-39)51(5,6)44-25-14-24-43-49(44)53(47)38-29-27-36(28-30-38)50(43,3)4;1-2/h7-15,17-18,20-29,31-33,38,41H,1-2,16,19,30H2,3-6H3;1-2H3/b21-11-,37-15+;. The number of allylic oxidation sites excluding steroid dienone is 7. The molecular formula is C53H54N2. The second-order valence-corrected chi connectivity index (χ2v) is 16.1. The van der Waals surface area contributed by atoms with Crippen molar-refractivity contribution in [2.45, 2.75) is 83.6 Å². The molecule has 10 rings (SSSR count). The maximum absolute atomic E-state index is 4.19. The molecule has 5 aliphatic rings. The van der Waals surface area contributed by atoms with Crippen molar-refractivity contribution in [1.29, 1.82) is 0 Å². The van der Waals surface area contributed by atoms with E-state index in [0.717, 1.165) is 36.3 Å². The lowest BCUT2D eigenvalue weighted by Gasteiger charge is -2.50. The van der Waals surface area contributed by atoms with Gasteiger partial charge in [0, 0.05) is 44.9 Å². The smallest absolute Gasteiger partial charge is 0.0560 e. The molecule has 0 saturated heterocycles. The van der Waals surface area contributed by atoms with Crippen molar-refractivity contribution in [3.63, 3.8) is 0 Å². The fraction of sp³-hybridized carbons (Fsp3) is 0.245. The molecule has 0 amide bonds. The molecule has 0 fully saturated rings. The predicted molar refractivity (Wildman–Crippen MR) is 237 cm³/mol. The van der Waals surface area contributed by atoms with Crippen molar-refractivity contribution >= 4 is 33.5 Å². The fourth-order valence-electron chi connectivity index (χ4n) is 9.53. The highest BCUT2D eigenvalue weighted by molar-refractivity contribution is 5.98. The van der Waals surface area contributed by atoms with Gasteiger partial charge in [0.25, 0.3) is 0 Å². The average molecular weight is 719 g/mol. The Morgan fingerprint density at radius 3 is 2.35 bits per heavy atom. The van der Waals surface area contributed by atoms with E-state index < -0.39 is 0 Å². The van der Waals surface area contributed by atoms with Crippen LogP contribution in [0.25, 0.3) is 10.8 Å². The number of para-hydroxylation sites is 1. The third-order valence-corrected chi connectivity index (χ3v) is 12.4. The SMILES string of the molecule is C=C/C=C(\C=C/Cc1cccc2c1C2CC=C)N(c1ccc2c(c1)C(C)(C)c1cccc3c1N2C1C=CC(=CC1)C3(C)C)c1cccc2ccccc12.CC. The summed E-state index contributed by atoms with van der Waals surface area (Å²) in [6.45, 7) is 21.8. The second-order valence-electron chi connectivity index (χ2n) is 16.1. The molecule has 5 aromatic carbocycles. The highest BCUT2D eigenvalue weighted by Gasteiger charge is 2.44. The molecule has 2 nitrogen and oxygen atoms in total. The molecular weight excluding hydrogens is 665 g/mol. The van der Waals surface area contributed by atoms with Gasteiger partial charge >= 0.3 is 0 Å². The maximum atomic E-state index is 4.19. The first kappa shape index (κ1) is 36.4. The van der Waals surface area contributed by atoms with Crippen LogP contribution in [0.2, 0.25) is 0 Å². The third kappa shape index (κ3) is 5.94. The number of hydrogen-bond donors (Lipinski definition) is 0. The minimum Gasteiger partial charge on any atom is -0.333 e. The van der Waals surface area contributed by atoms with E-state index in [1.807, 2.05) is 26.0 Å². The van der Waals surface area contributed by atoms with Crippen molar-refractivity contribution in [2.75, 3.05) is 9.80 Å². The molecule has 0 N–H and O–H groups in total. The zero-order chi connectivity index (χ0) is 38.5. The normalized spacial score (nSPS) is 19.3. The molecule has 2 bridgehead atoms. The minimum atomic E-state index is -0.221. The van der Waals surface area contributed by atoms with Gasteiger partial charge in [0.05, 0.1) is 11.7 Å². The van der Waals surface area contributed by atoms with Crippen molar-refractivity contribution in [1.82, 2.24) is 0 Å². The Labute approximate surface area is 329 Å². The predicted octanol–water partition coefficient (Wildman–Crippen LogP) is 14.2. The van der Waals surface area contributed by atoms with E-state index in [0.29, 0.717) is 5.92 Å². The van der Waals surface area contributed by atoms with Gasteiger partial charge in [-0.1, -0.05) is 157 Å². The van der Waals surface area contributed by atoms with Crippen LogP contribution in [0.4, 0.5) is 22.7 Å². The second kappa shape index (κ2) is 14.2. The van der Waals surface area contributed by atoms with Gasteiger partial charge in [0.1, 0.15) is 0 Å². The molecule has 0 aromatic heterocycles. The first-order valence-electron chi connectivity index (χ1n) is 20.2. The minimum absolute atomic E-state index is 0.0883. The number of fused-ring (bicyclic) bond motifs is 4. The van der Waals surface area contributed by atoms with Gasteiger partial charge in [-0.2, -0.15) is 0 Å². The summed E-state index contributed by atoms with van der Waals surface area (Å²) in [7, 11) is 0. The molecule has 55 heavy (non-hydrogen) atoms. The molecule has 2 atom stereocenters. The third-order valence-electron chi connectivity index (χ3n) is 12.4. The van der Waals surface area contributed by atoms with Gasteiger partial charge in [-0.05, 0) is 100 Å². The van der Waals surface area contributed by atoms with E-state index in [4.69, 9.17) is 0 Å². The lowest BCUT2D eigenvalue weighted by atomic mass is 9.66. The zero-order valence-corrected chi connectivity index (χ0v) is 33.4. The van der Waals surface area contributed by atoms with E-state index >= 15 is 0 Å². The summed E-state index contributed by atoms with van der Waals surface area (Å²) in [4.78, 5) is 5.08. The number of benzene rings is 5. The Hall–Kier alpha value is -5.60. The van der Waals surface area contributed by atoms with Crippen molar-refractivity contribution in [3.8, 4) is 0 Å². The van der Waals surface area contributed by atoms with Gasteiger partial charge in [-0.15, -0.1) is 6.58 Å². The van der Waals surface area contributed by atoms with Crippen LogP contribution < -0.4 is 9.80 Å². The summed E-state index contributed by atoms with van der Waals surface area (Å²) < 4.78 is 0. The van der Waals surface area contributed by atoms with Crippen LogP contribution in [0, 0.1) is 0 Å². The van der Waals surface area contributed by atoms with Crippen LogP contribution in [0.3, 0.4) is 0 Å². The van der Waals surface area contributed by atoms with Gasteiger partial charge in [-0.3, -0.25) is 0 Å². The van der Waals surface area contributed by atoms with E-state index in [9.17, 15) is 0 Å². The molecule has 0 saturated carbocycles. The van der Waals surface area contributed by atoms with Crippen molar-refractivity contribution < 1.29 is 0 Å². The molecule has 0 spiro atoms. The first-order chi connectivity index (χ1) is 26.7. The van der Waals surface area contributed by atoms with Gasteiger partial charge in [-0.25, -0.2) is 0 Å². The largest absolute Gasteiger partial charge is 0.333 e. The van der Waals surface area contributed by atoms with Gasteiger partial charge in [0.2, 0.25) is 0 Å². The van der Waals surface area contributed by atoms with Gasteiger partial charge in [0.15, 0.2) is 0 Å². The van der Waals surface area contributed by atoms with Gasteiger partial charge < -0.3 is 9.80 Å². The van der Waals surface area contributed by atoms with Crippen LogP contribution in [0.5, 0.6) is 0 Å². The average Bonchev–Trinajstić information content (AvgIpc) is 3.92. The molecule has 2 unspecified atom stereocenters. The molecule has 5 aromatic rings. The van der Waals surface area contributed by atoms with Crippen LogP contribution in [0.15, 0.2) is 170 Å². The summed E-state index contributed by atoms with van der Waals surface area (Å²) in [5, 5.41) is 2.43.